The first-order valence-electron chi connectivity index (χ1n) is 5.60. The highest BCUT2D eigenvalue weighted by Crippen LogP contribution is 2.20. The monoisotopic (exact) mass is 304 g/mol. The lowest BCUT2D eigenvalue weighted by molar-refractivity contribution is -0.0368. The van der Waals surface area contributed by atoms with Crippen LogP contribution in [0.15, 0.2) is 22.7 Å². The molecule has 2 unspecified atom stereocenters. The number of aliphatic hydroxyl groups is 1. The van der Waals surface area contributed by atoms with Crippen LogP contribution in [0.1, 0.15) is 19.4 Å². The Bertz CT molecular complexity index is 368. The van der Waals surface area contributed by atoms with Crippen molar-refractivity contribution in [2.75, 3.05) is 7.11 Å². The van der Waals surface area contributed by atoms with Gasteiger partial charge in [0.15, 0.2) is 0 Å². The smallest absolute Gasteiger partial charge is 0.137 e. The Morgan fingerprint density at radius 2 is 2.06 bits per heavy atom. The van der Waals surface area contributed by atoms with Gasteiger partial charge in [0.05, 0.1) is 16.7 Å². The lowest BCUT2D eigenvalue weighted by Gasteiger charge is -2.25. The van der Waals surface area contributed by atoms with Crippen LogP contribution in [0.2, 0.25) is 0 Å². The van der Waals surface area contributed by atoms with Gasteiger partial charge in [-0.2, -0.15) is 0 Å². The molecule has 2 nitrogen and oxygen atoms in total. The van der Waals surface area contributed by atoms with E-state index in [4.69, 9.17) is 4.74 Å². The number of rotatable bonds is 5. The third-order valence-corrected chi connectivity index (χ3v) is 3.35. The van der Waals surface area contributed by atoms with Gasteiger partial charge in [-0.15, -0.1) is 0 Å². The van der Waals surface area contributed by atoms with Crippen molar-refractivity contribution in [2.45, 2.75) is 32.5 Å². The highest BCUT2D eigenvalue weighted by Gasteiger charge is 2.22. The molecule has 4 heteroatoms. The number of hydrogen-bond acceptors (Lipinski definition) is 2. The fourth-order valence-corrected chi connectivity index (χ4v) is 2.32. The summed E-state index contributed by atoms with van der Waals surface area (Å²) >= 11 is 3.13. The van der Waals surface area contributed by atoms with Crippen molar-refractivity contribution in [3.05, 3.63) is 34.1 Å². The maximum atomic E-state index is 13.1. The summed E-state index contributed by atoms with van der Waals surface area (Å²) in [4.78, 5) is 0. The maximum absolute atomic E-state index is 13.1. The normalized spacial score (nSPS) is 15.0. The summed E-state index contributed by atoms with van der Waals surface area (Å²) in [7, 11) is 1.59. The first kappa shape index (κ1) is 14.6. The van der Waals surface area contributed by atoms with Crippen LogP contribution >= 0.6 is 15.9 Å². The molecule has 0 bridgehead atoms. The van der Waals surface area contributed by atoms with Gasteiger partial charge < -0.3 is 9.84 Å². The van der Waals surface area contributed by atoms with Crippen LogP contribution in [0, 0.1) is 11.7 Å². The molecule has 1 aromatic rings. The second-order valence-corrected chi connectivity index (χ2v) is 5.32. The quantitative estimate of drug-likeness (QED) is 0.905. The Labute approximate surface area is 110 Å². The van der Waals surface area contributed by atoms with Gasteiger partial charge in [0, 0.05) is 13.5 Å². The van der Waals surface area contributed by atoms with Crippen molar-refractivity contribution in [1.82, 2.24) is 0 Å². The third-order valence-electron chi connectivity index (χ3n) is 2.74. The molecule has 0 aliphatic heterocycles. The average molecular weight is 305 g/mol. The number of benzene rings is 1. The lowest BCUT2D eigenvalue weighted by Crippen LogP contribution is -2.34. The molecule has 1 N–H and O–H groups in total. The molecule has 0 heterocycles. The van der Waals surface area contributed by atoms with E-state index in [0.29, 0.717) is 10.9 Å². The van der Waals surface area contributed by atoms with E-state index in [1.807, 2.05) is 13.8 Å². The zero-order valence-electron chi connectivity index (χ0n) is 10.3. The van der Waals surface area contributed by atoms with Gasteiger partial charge >= 0.3 is 0 Å². The largest absolute Gasteiger partial charge is 0.390 e. The number of methoxy groups -OCH3 is 1. The second kappa shape index (κ2) is 6.47. The average Bonchev–Trinajstić information content (AvgIpc) is 2.24. The Kier molecular flexibility index (Phi) is 5.56. The Morgan fingerprint density at radius 3 is 2.53 bits per heavy atom. The van der Waals surface area contributed by atoms with E-state index in [2.05, 4.69) is 15.9 Å². The molecule has 0 radical (unpaired) electrons. The molecule has 0 spiro atoms. The maximum Gasteiger partial charge on any atom is 0.137 e. The summed E-state index contributed by atoms with van der Waals surface area (Å²) in [5.74, 6) is -0.0609. The summed E-state index contributed by atoms with van der Waals surface area (Å²) in [6, 6.07) is 4.76. The molecule has 1 aromatic carbocycles. The van der Waals surface area contributed by atoms with Crippen molar-refractivity contribution in [1.29, 1.82) is 0 Å². The molecule has 0 aromatic heterocycles. The predicted molar refractivity (Wildman–Crippen MR) is 69.4 cm³/mol. The molecule has 0 saturated heterocycles. The first-order chi connectivity index (χ1) is 7.95. The molecule has 17 heavy (non-hydrogen) atoms. The summed E-state index contributed by atoms with van der Waals surface area (Å²) in [5, 5.41) is 10.1. The van der Waals surface area contributed by atoms with E-state index in [9.17, 15) is 9.50 Å². The van der Waals surface area contributed by atoms with Crippen LogP contribution in [-0.2, 0) is 11.2 Å². The van der Waals surface area contributed by atoms with Gasteiger partial charge in [-0.1, -0.05) is 19.9 Å². The van der Waals surface area contributed by atoms with E-state index in [1.165, 1.54) is 6.07 Å². The SMILES string of the molecule is COC(C(C)C)C(O)Cc1ccc(F)c(Br)c1. The van der Waals surface area contributed by atoms with Gasteiger partial charge in [-0.3, -0.25) is 0 Å². The van der Waals surface area contributed by atoms with Crippen LogP contribution in [0.25, 0.3) is 0 Å². The van der Waals surface area contributed by atoms with Crippen molar-refractivity contribution < 1.29 is 14.2 Å². The summed E-state index contributed by atoms with van der Waals surface area (Å²) in [6.07, 6.45) is -0.341. The molecule has 0 aliphatic carbocycles. The molecule has 0 amide bonds. The Hall–Kier alpha value is -0.450. The lowest BCUT2D eigenvalue weighted by atomic mass is 9.96. The zero-order valence-corrected chi connectivity index (χ0v) is 11.9. The van der Waals surface area contributed by atoms with Gasteiger partial charge in [-0.25, -0.2) is 4.39 Å². The van der Waals surface area contributed by atoms with Crippen LogP contribution in [0.3, 0.4) is 0 Å². The molecular weight excluding hydrogens is 287 g/mol. The molecule has 0 fully saturated rings. The highest BCUT2D eigenvalue weighted by atomic mass is 79.9. The number of halogens is 2. The van der Waals surface area contributed by atoms with Crippen molar-refractivity contribution in [3.8, 4) is 0 Å². The first-order valence-corrected chi connectivity index (χ1v) is 6.39. The van der Waals surface area contributed by atoms with Crippen LogP contribution in [-0.4, -0.2) is 24.4 Å². The minimum Gasteiger partial charge on any atom is -0.390 e. The predicted octanol–water partition coefficient (Wildman–Crippen LogP) is 3.16. The molecule has 0 aliphatic rings. The number of hydrogen-bond donors (Lipinski definition) is 1. The molecule has 0 saturated carbocycles. The minimum absolute atomic E-state index is 0.209. The third kappa shape index (κ3) is 4.05. The van der Waals surface area contributed by atoms with E-state index in [1.54, 1.807) is 19.2 Å². The van der Waals surface area contributed by atoms with E-state index < -0.39 is 6.10 Å². The molecule has 96 valence electrons. The number of aliphatic hydroxyl groups excluding tert-OH is 1. The van der Waals surface area contributed by atoms with Crippen LogP contribution in [0.4, 0.5) is 4.39 Å². The van der Waals surface area contributed by atoms with E-state index >= 15 is 0 Å². The summed E-state index contributed by atoms with van der Waals surface area (Å²) < 4.78 is 18.7. The fourth-order valence-electron chi connectivity index (χ4n) is 1.90. The standard InChI is InChI=1S/C13H18BrFO2/c1-8(2)13(17-3)12(16)7-9-4-5-11(15)10(14)6-9/h4-6,8,12-13,16H,7H2,1-3H3. The van der Waals surface area contributed by atoms with Crippen LogP contribution in [0.5, 0.6) is 0 Å². The van der Waals surface area contributed by atoms with Gasteiger partial charge in [0.25, 0.3) is 0 Å². The van der Waals surface area contributed by atoms with Gasteiger partial charge in [0.1, 0.15) is 5.82 Å². The fraction of sp³-hybridized carbons (Fsp3) is 0.538. The van der Waals surface area contributed by atoms with Crippen LogP contribution < -0.4 is 0 Å². The summed E-state index contributed by atoms with van der Waals surface area (Å²) in [6.45, 7) is 4.00. The zero-order chi connectivity index (χ0) is 13.0. The summed E-state index contributed by atoms with van der Waals surface area (Å²) in [5.41, 5.74) is 0.883. The van der Waals surface area contributed by atoms with Crippen molar-refractivity contribution in [2.24, 2.45) is 5.92 Å². The second-order valence-electron chi connectivity index (χ2n) is 4.46. The van der Waals surface area contributed by atoms with Gasteiger partial charge in [-0.05, 0) is 39.5 Å². The van der Waals surface area contributed by atoms with Gasteiger partial charge in [0.2, 0.25) is 0 Å². The topological polar surface area (TPSA) is 29.5 Å². The number of ether oxygens (including phenoxy) is 1. The molecule has 1 rings (SSSR count). The minimum atomic E-state index is -0.586. The van der Waals surface area contributed by atoms with E-state index in [-0.39, 0.29) is 17.8 Å². The molecule has 2 atom stereocenters. The Balaban J connectivity index is 2.73. The Morgan fingerprint density at radius 1 is 1.41 bits per heavy atom. The highest BCUT2D eigenvalue weighted by molar-refractivity contribution is 9.10. The van der Waals surface area contributed by atoms with E-state index in [0.717, 1.165) is 5.56 Å². The van der Waals surface area contributed by atoms with Crippen molar-refractivity contribution in [3.63, 3.8) is 0 Å². The van der Waals surface area contributed by atoms with Crippen molar-refractivity contribution >= 4 is 15.9 Å². The molecular formula is C13H18BrFO2.